The highest BCUT2D eigenvalue weighted by atomic mass is 35.5. The highest BCUT2D eigenvalue weighted by Crippen LogP contribution is 2.14. The molecular weight excluding hydrogens is 364 g/mol. The second-order valence-electron chi connectivity index (χ2n) is 6.59. The third kappa shape index (κ3) is 6.32. The Bertz CT molecular complexity index is 832. The summed E-state index contributed by atoms with van der Waals surface area (Å²) in [5.41, 5.74) is 1.67. The van der Waals surface area contributed by atoms with Gasteiger partial charge in [-0.2, -0.15) is 0 Å². The zero-order chi connectivity index (χ0) is 19.9. The molecule has 0 atom stereocenters. The Balaban J connectivity index is 2.15. The van der Waals surface area contributed by atoms with E-state index in [1.165, 1.54) is 13.8 Å². The predicted molar refractivity (Wildman–Crippen MR) is 107 cm³/mol. The van der Waals surface area contributed by atoms with Gasteiger partial charge in [0.2, 0.25) is 0 Å². The molecule has 2 aromatic rings. The third-order valence-corrected chi connectivity index (χ3v) is 4.41. The Labute approximate surface area is 164 Å². The molecule has 0 bridgehead atoms. The molecule has 0 unspecified atom stereocenters. The van der Waals surface area contributed by atoms with E-state index in [0.717, 1.165) is 16.8 Å². The first-order valence-corrected chi connectivity index (χ1v) is 8.96. The fourth-order valence-corrected chi connectivity index (χ4v) is 2.54. The first-order valence-electron chi connectivity index (χ1n) is 8.58. The molecule has 2 rings (SSSR count). The summed E-state index contributed by atoms with van der Waals surface area (Å²) in [5, 5.41) is 20.0. The summed E-state index contributed by atoms with van der Waals surface area (Å²) in [5.74, 6) is -1.06. The van der Waals surface area contributed by atoms with Crippen LogP contribution in [0.1, 0.15) is 25.0 Å². The Kier molecular flexibility index (Phi) is 7.30. The van der Waals surface area contributed by atoms with Gasteiger partial charge in [0.15, 0.2) is 5.60 Å². The van der Waals surface area contributed by atoms with Crippen LogP contribution in [0, 0.1) is 5.41 Å². The van der Waals surface area contributed by atoms with Crippen molar-refractivity contribution in [1.29, 1.82) is 5.41 Å². The van der Waals surface area contributed by atoms with Crippen molar-refractivity contribution in [1.82, 2.24) is 0 Å². The van der Waals surface area contributed by atoms with E-state index in [1.807, 2.05) is 59.9 Å². The number of carboxylic acid groups (broad SMARTS) is 1. The van der Waals surface area contributed by atoms with Crippen LogP contribution >= 0.6 is 11.6 Å². The van der Waals surface area contributed by atoms with Crippen LogP contribution in [-0.4, -0.2) is 29.0 Å². The lowest BCUT2D eigenvalue weighted by molar-refractivity contribution is -0.580. The first-order chi connectivity index (χ1) is 12.8. The van der Waals surface area contributed by atoms with E-state index in [9.17, 15) is 4.79 Å². The summed E-state index contributed by atoms with van der Waals surface area (Å²) in [6.07, 6.45) is 1.70. The van der Waals surface area contributed by atoms with Crippen LogP contribution in [0.5, 0.6) is 0 Å². The van der Waals surface area contributed by atoms with Crippen LogP contribution in [0.2, 0.25) is 5.02 Å². The summed E-state index contributed by atoms with van der Waals surface area (Å²) < 4.78 is 5.37. The monoisotopic (exact) mass is 387 g/mol. The quantitative estimate of drug-likeness (QED) is 0.576. The summed E-state index contributed by atoms with van der Waals surface area (Å²) in [6.45, 7) is 3.46. The number of nitrogens with two attached hydrogens (primary N) is 1. The van der Waals surface area contributed by atoms with Gasteiger partial charge in [-0.05, 0) is 32.0 Å². The van der Waals surface area contributed by atoms with E-state index in [2.05, 4.69) is 0 Å². The number of halogens is 1. The molecule has 0 aliphatic carbocycles. The number of carbonyl (C=O) groups is 1. The Hall–Kier alpha value is -2.47. The molecule has 2 aromatic carbocycles. The smallest absolute Gasteiger partial charge is 0.335 e. The molecule has 0 radical (unpaired) electrons. The van der Waals surface area contributed by atoms with Gasteiger partial charge in [-0.1, -0.05) is 48.0 Å². The molecule has 0 aromatic heterocycles. The molecule has 142 valence electrons. The zero-order valence-electron chi connectivity index (χ0n) is 15.4. The minimum Gasteiger partial charge on any atom is -0.479 e. The summed E-state index contributed by atoms with van der Waals surface area (Å²) >= 11 is 6.23. The van der Waals surface area contributed by atoms with Crippen molar-refractivity contribution < 1.29 is 20.0 Å². The average molecular weight is 388 g/mol. The van der Waals surface area contributed by atoms with Crippen LogP contribution in [0.15, 0.2) is 60.7 Å². The first kappa shape index (κ1) is 20.8. The Morgan fingerprint density at radius 1 is 1.19 bits per heavy atom. The van der Waals surface area contributed by atoms with Gasteiger partial charge in [-0.3, -0.25) is 0 Å². The number of hydrogen-bond donors (Lipinski definition) is 3. The van der Waals surface area contributed by atoms with Crippen molar-refractivity contribution in [2.75, 3.05) is 6.61 Å². The molecule has 27 heavy (non-hydrogen) atoms. The van der Waals surface area contributed by atoms with E-state index >= 15 is 0 Å². The van der Waals surface area contributed by atoms with Crippen molar-refractivity contribution in [3.63, 3.8) is 0 Å². The molecule has 0 saturated heterocycles. The maximum atomic E-state index is 11.1. The normalized spacial score (nSPS) is 12.0. The molecule has 6 heteroatoms. The van der Waals surface area contributed by atoms with Crippen LogP contribution in [-0.2, 0) is 16.1 Å². The highest BCUT2D eigenvalue weighted by Gasteiger charge is 2.28. The van der Waals surface area contributed by atoms with Crippen LogP contribution in [0.25, 0.3) is 5.70 Å². The van der Waals surface area contributed by atoms with E-state index in [4.69, 9.17) is 26.9 Å². The molecule has 0 fully saturated rings. The maximum Gasteiger partial charge on any atom is 0.335 e. The largest absolute Gasteiger partial charge is 0.479 e. The molecule has 0 saturated carbocycles. The van der Waals surface area contributed by atoms with Crippen molar-refractivity contribution in [3.8, 4) is 0 Å². The van der Waals surface area contributed by atoms with Crippen molar-refractivity contribution >= 4 is 29.0 Å². The second kappa shape index (κ2) is 9.46. The van der Waals surface area contributed by atoms with Gasteiger partial charge in [-0.15, -0.1) is 0 Å². The number of nitrogens with one attached hydrogen (secondary N) is 1. The lowest BCUT2D eigenvalue weighted by atomic mass is 10.1. The van der Waals surface area contributed by atoms with Crippen LogP contribution in [0.4, 0.5) is 0 Å². The molecule has 4 N–H and O–H groups in total. The van der Waals surface area contributed by atoms with Gasteiger partial charge >= 0.3 is 5.97 Å². The number of quaternary nitrogens is 1. The fraction of sp³-hybridized carbons (Fsp3) is 0.238. The lowest BCUT2D eigenvalue weighted by Crippen LogP contribution is -2.79. The lowest BCUT2D eigenvalue weighted by Gasteiger charge is -2.19. The third-order valence-electron chi connectivity index (χ3n) is 4.04. The molecule has 0 spiro atoms. The number of ether oxygens (including phenoxy) is 1. The van der Waals surface area contributed by atoms with E-state index < -0.39 is 11.6 Å². The van der Waals surface area contributed by atoms with E-state index in [0.29, 0.717) is 11.6 Å². The van der Waals surface area contributed by atoms with Gasteiger partial charge in [0.25, 0.3) is 0 Å². The van der Waals surface area contributed by atoms with Crippen molar-refractivity contribution in [2.24, 2.45) is 0 Å². The highest BCUT2D eigenvalue weighted by molar-refractivity contribution is 6.31. The van der Waals surface area contributed by atoms with E-state index in [-0.39, 0.29) is 12.3 Å². The number of carboxylic acids is 1. The SMILES string of the molecule is CC(C)(OCC(=N)C=C([NH2+]Cc1ccccc1Cl)c1ccccc1)C(=O)O. The maximum absolute atomic E-state index is 11.1. The fourth-order valence-electron chi connectivity index (χ4n) is 2.32. The second-order valence-corrected chi connectivity index (χ2v) is 7.00. The van der Waals surface area contributed by atoms with Crippen LogP contribution < -0.4 is 5.32 Å². The molecule has 0 heterocycles. The van der Waals surface area contributed by atoms with E-state index in [1.54, 1.807) is 6.08 Å². The number of hydrogen-bond acceptors (Lipinski definition) is 3. The number of benzene rings is 2. The van der Waals surface area contributed by atoms with Gasteiger partial charge in [0, 0.05) is 22.2 Å². The van der Waals surface area contributed by atoms with Crippen LogP contribution in [0.3, 0.4) is 0 Å². The Morgan fingerprint density at radius 2 is 1.81 bits per heavy atom. The molecule has 5 nitrogen and oxygen atoms in total. The van der Waals surface area contributed by atoms with Crippen molar-refractivity contribution in [3.05, 3.63) is 76.8 Å². The molecule has 0 aliphatic heterocycles. The van der Waals surface area contributed by atoms with Gasteiger partial charge < -0.3 is 20.6 Å². The topological polar surface area (TPSA) is 87.0 Å². The molecule has 0 amide bonds. The van der Waals surface area contributed by atoms with Gasteiger partial charge in [0.05, 0.1) is 12.3 Å². The summed E-state index contributed by atoms with van der Waals surface area (Å²) in [7, 11) is 0. The standard InChI is InChI=1S/C21H23ClN2O3/c1-21(2,20(25)26)27-14-17(23)12-19(15-8-4-3-5-9-15)24-13-16-10-6-7-11-18(16)22/h3-12,23-24H,13-14H2,1-2H3,(H,25,26)/p+1. The number of rotatable bonds is 9. The minimum absolute atomic E-state index is 0.0877. The zero-order valence-corrected chi connectivity index (χ0v) is 16.2. The Morgan fingerprint density at radius 3 is 2.44 bits per heavy atom. The summed E-state index contributed by atoms with van der Waals surface area (Å²) in [6, 6.07) is 17.3. The molecule has 0 aliphatic rings. The number of aliphatic carboxylic acids is 1. The summed E-state index contributed by atoms with van der Waals surface area (Å²) in [4.78, 5) is 11.1. The predicted octanol–water partition coefficient (Wildman–Crippen LogP) is 3.34. The average Bonchev–Trinajstić information content (AvgIpc) is 2.65. The van der Waals surface area contributed by atoms with Gasteiger partial charge in [0.1, 0.15) is 12.2 Å². The van der Waals surface area contributed by atoms with Gasteiger partial charge in [-0.25, -0.2) is 4.79 Å². The van der Waals surface area contributed by atoms with Crippen molar-refractivity contribution in [2.45, 2.75) is 26.0 Å². The minimum atomic E-state index is -1.34. The molecular formula is C21H24ClN2O3+.